The molecule has 0 spiro atoms. The number of hydrogen-bond acceptors (Lipinski definition) is 5. The zero-order chi connectivity index (χ0) is 38.5. The molecule has 0 radical (unpaired) electrons. The zero-order valence-electron chi connectivity index (χ0n) is 31.9. The number of ether oxygens (including phenoxy) is 3. The van der Waals surface area contributed by atoms with Crippen LogP contribution >= 0.6 is 0 Å². The van der Waals surface area contributed by atoms with Gasteiger partial charge in [-0.2, -0.15) is 0 Å². The van der Waals surface area contributed by atoms with Crippen LogP contribution in [-0.2, 0) is 16.0 Å². The topological polar surface area (TPSA) is 61.8 Å². The van der Waals surface area contributed by atoms with Crippen LogP contribution < -0.4 is 14.2 Å². The molecule has 0 N–H and O–H groups in total. The number of rotatable bonds is 19. The lowest BCUT2D eigenvalue weighted by atomic mass is 9.90. The van der Waals surface area contributed by atoms with Crippen LogP contribution in [0, 0.1) is 12.3 Å². The molecule has 0 aliphatic carbocycles. The van der Waals surface area contributed by atoms with Crippen molar-refractivity contribution in [3.63, 3.8) is 0 Å². The van der Waals surface area contributed by atoms with Gasteiger partial charge in [0.15, 0.2) is 0 Å². The van der Waals surface area contributed by atoms with E-state index in [0.29, 0.717) is 30.8 Å². The van der Waals surface area contributed by atoms with Crippen molar-refractivity contribution in [2.45, 2.75) is 77.0 Å². The van der Waals surface area contributed by atoms with E-state index in [0.717, 1.165) is 67.6 Å². The highest BCUT2D eigenvalue weighted by atomic mass is 16.5. The maximum absolute atomic E-state index is 12.8. The van der Waals surface area contributed by atoms with Crippen molar-refractivity contribution >= 4 is 44.3 Å². The number of unbranched alkanes of at least 4 members (excludes halogenated alkanes) is 7. The van der Waals surface area contributed by atoms with Crippen molar-refractivity contribution < 1.29 is 23.8 Å². The van der Waals surface area contributed by atoms with Crippen LogP contribution in [0.4, 0.5) is 0 Å². The number of terminal acetylenes is 1. The molecule has 7 aromatic carbocycles. The summed E-state index contributed by atoms with van der Waals surface area (Å²) < 4.78 is 17.0. The van der Waals surface area contributed by atoms with Gasteiger partial charge < -0.3 is 14.2 Å². The first-order valence-corrected chi connectivity index (χ1v) is 20.0. The molecule has 7 aromatic rings. The van der Waals surface area contributed by atoms with Crippen molar-refractivity contribution in [2.24, 2.45) is 0 Å². The summed E-state index contributed by atoms with van der Waals surface area (Å²) in [7, 11) is 0. The van der Waals surface area contributed by atoms with E-state index in [4.69, 9.17) is 20.6 Å². The first kappa shape index (κ1) is 38.2. The summed E-state index contributed by atoms with van der Waals surface area (Å²) in [6.45, 7) is 0.721. The smallest absolute Gasteiger partial charge is 0.311 e. The van der Waals surface area contributed by atoms with Gasteiger partial charge in [-0.15, -0.1) is 6.42 Å². The number of benzene rings is 7. The molecular formula is C51H48O5. The third kappa shape index (κ3) is 9.94. The highest BCUT2D eigenvalue weighted by Gasteiger charge is 2.12. The van der Waals surface area contributed by atoms with Gasteiger partial charge in [0.1, 0.15) is 17.2 Å². The molecule has 56 heavy (non-hydrogen) atoms. The Morgan fingerprint density at radius 2 is 0.982 bits per heavy atom. The molecular weight excluding hydrogens is 693 g/mol. The molecule has 0 saturated carbocycles. The molecule has 5 heteroatoms. The Kier molecular flexibility index (Phi) is 12.9. The molecule has 0 amide bonds. The molecule has 0 fully saturated rings. The van der Waals surface area contributed by atoms with Crippen molar-refractivity contribution in [3.05, 3.63) is 139 Å². The quantitative estimate of drug-likeness (QED) is 0.0272. The van der Waals surface area contributed by atoms with E-state index in [1.807, 2.05) is 72.8 Å². The molecule has 0 aliphatic rings. The maximum atomic E-state index is 12.8. The van der Waals surface area contributed by atoms with E-state index in [1.165, 1.54) is 57.1 Å². The maximum Gasteiger partial charge on any atom is 0.311 e. The van der Waals surface area contributed by atoms with E-state index in [-0.39, 0.29) is 11.9 Å². The fourth-order valence-corrected chi connectivity index (χ4v) is 7.50. The number of esters is 2. The van der Waals surface area contributed by atoms with Crippen molar-refractivity contribution in [3.8, 4) is 40.7 Å². The minimum Gasteiger partial charge on any atom is -0.494 e. The Labute approximate surface area is 329 Å². The van der Waals surface area contributed by atoms with Gasteiger partial charge in [0, 0.05) is 18.4 Å². The minimum absolute atomic E-state index is 0.200. The first-order chi connectivity index (χ1) is 27.5. The van der Waals surface area contributed by atoms with Crippen LogP contribution in [0.3, 0.4) is 0 Å². The highest BCUT2D eigenvalue weighted by molar-refractivity contribution is 6.23. The third-order valence-electron chi connectivity index (χ3n) is 10.5. The minimum atomic E-state index is -0.236. The average Bonchev–Trinajstić information content (AvgIpc) is 3.23. The number of aryl methyl sites for hydroxylation is 1. The second-order valence-corrected chi connectivity index (χ2v) is 14.5. The van der Waals surface area contributed by atoms with Gasteiger partial charge >= 0.3 is 11.9 Å². The fraction of sp³-hybridized carbons (Fsp3) is 0.255. The lowest BCUT2D eigenvalue weighted by Crippen LogP contribution is -2.08. The van der Waals surface area contributed by atoms with E-state index in [1.54, 1.807) is 0 Å². The summed E-state index contributed by atoms with van der Waals surface area (Å²) in [5.74, 6) is 4.11. The standard InChI is InChI=1S/C51H48O5/c1-2-37-18-29-44(30-19-37)54-36-10-8-6-4-3-5-7-9-16-48(52)55-45-31-24-38(25-32-45)39-26-33-46(34-27-39)56-49(53)17-12-13-40-20-21-43-23-22-41-14-11-15-42-28-35-47(40)51(43)50(41)42/h1,11,14-15,18-35H,3-10,12-13,16-17,36H2. The van der Waals surface area contributed by atoms with Crippen LogP contribution in [0.5, 0.6) is 17.2 Å². The third-order valence-corrected chi connectivity index (χ3v) is 10.5. The molecule has 0 unspecified atom stereocenters. The van der Waals surface area contributed by atoms with Gasteiger partial charge in [-0.3, -0.25) is 9.59 Å². The number of carbonyl (C=O) groups is 2. The van der Waals surface area contributed by atoms with Crippen molar-refractivity contribution in [1.82, 2.24) is 0 Å². The lowest BCUT2D eigenvalue weighted by Gasteiger charge is -2.14. The molecule has 0 heterocycles. The Morgan fingerprint density at radius 3 is 1.59 bits per heavy atom. The molecule has 0 aromatic heterocycles. The normalized spacial score (nSPS) is 11.2. The summed E-state index contributed by atoms with van der Waals surface area (Å²) in [5, 5.41) is 7.63. The van der Waals surface area contributed by atoms with Crippen LogP contribution in [0.15, 0.2) is 127 Å². The fourth-order valence-electron chi connectivity index (χ4n) is 7.50. The van der Waals surface area contributed by atoms with E-state index >= 15 is 0 Å². The van der Waals surface area contributed by atoms with Gasteiger partial charge in [-0.25, -0.2) is 0 Å². The first-order valence-electron chi connectivity index (χ1n) is 20.0. The molecule has 0 saturated heterocycles. The van der Waals surface area contributed by atoms with Gasteiger partial charge in [-0.1, -0.05) is 123 Å². The second kappa shape index (κ2) is 19.0. The van der Waals surface area contributed by atoms with E-state index < -0.39 is 0 Å². The summed E-state index contributed by atoms with van der Waals surface area (Å²) in [5.41, 5.74) is 4.09. The summed E-state index contributed by atoms with van der Waals surface area (Å²) in [4.78, 5) is 25.2. The molecule has 0 atom stereocenters. The largest absolute Gasteiger partial charge is 0.494 e. The van der Waals surface area contributed by atoms with Crippen LogP contribution in [-0.4, -0.2) is 18.5 Å². The molecule has 7 rings (SSSR count). The van der Waals surface area contributed by atoms with Crippen molar-refractivity contribution in [1.29, 1.82) is 0 Å². The zero-order valence-corrected chi connectivity index (χ0v) is 31.9. The number of hydrogen-bond donors (Lipinski definition) is 0. The van der Waals surface area contributed by atoms with E-state index in [9.17, 15) is 9.59 Å². The van der Waals surface area contributed by atoms with Crippen molar-refractivity contribution in [2.75, 3.05) is 6.61 Å². The Balaban J connectivity index is 0.764. The lowest BCUT2D eigenvalue weighted by molar-refractivity contribution is -0.135. The summed E-state index contributed by atoms with van der Waals surface area (Å²) in [6.07, 6.45) is 16.4. The predicted molar refractivity (Wildman–Crippen MR) is 228 cm³/mol. The number of carbonyl (C=O) groups excluding carboxylic acids is 2. The molecule has 0 bridgehead atoms. The monoisotopic (exact) mass is 740 g/mol. The molecule has 282 valence electrons. The van der Waals surface area contributed by atoms with Crippen LogP contribution in [0.1, 0.15) is 81.8 Å². The highest BCUT2D eigenvalue weighted by Crippen LogP contribution is 2.36. The Bertz CT molecular complexity index is 2390. The Hall–Kier alpha value is -6.12. The van der Waals surface area contributed by atoms with Crippen LogP contribution in [0.25, 0.3) is 43.4 Å². The predicted octanol–water partition coefficient (Wildman–Crippen LogP) is 12.7. The van der Waals surface area contributed by atoms with Crippen LogP contribution in [0.2, 0.25) is 0 Å². The SMILES string of the molecule is C#Cc1ccc(OCCCCCCCCCCC(=O)Oc2ccc(-c3ccc(OC(=O)CCCc4ccc5ccc6cccc7ccc4c5c67)cc3)cc2)cc1. The second-order valence-electron chi connectivity index (χ2n) is 14.5. The van der Waals surface area contributed by atoms with E-state index in [2.05, 4.69) is 60.5 Å². The van der Waals surface area contributed by atoms with Gasteiger partial charge in [0.2, 0.25) is 0 Å². The summed E-state index contributed by atoms with van der Waals surface area (Å²) in [6, 6.07) is 42.3. The van der Waals surface area contributed by atoms with Gasteiger partial charge in [-0.05, 0) is 123 Å². The van der Waals surface area contributed by atoms with Gasteiger partial charge in [0.25, 0.3) is 0 Å². The molecule has 0 aliphatic heterocycles. The molecule has 5 nitrogen and oxygen atoms in total. The average molecular weight is 741 g/mol. The summed E-state index contributed by atoms with van der Waals surface area (Å²) >= 11 is 0. The van der Waals surface area contributed by atoms with Gasteiger partial charge in [0.05, 0.1) is 6.61 Å². The Morgan fingerprint density at radius 1 is 0.482 bits per heavy atom.